The zero-order valence-corrected chi connectivity index (χ0v) is 19.2. The minimum atomic E-state index is -4.40. The Kier molecular flexibility index (Phi) is 15.6. The van der Waals surface area contributed by atoms with Gasteiger partial charge in [0.2, 0.25) is 0 Å². The van der Waals surface area contributed by atoms with Crippen LogP contribution in [0.1, 0.15) is 79.6 Å². The number of carboxylic acid groups (broad SMARTS) is 1. The molecule has 156 valence electrons. The lowest BCUT2D eigenvalue weighted by Gasteiger charge is -2.22. The third kappa shape index (κ3) is 12.8. The number of hydrogen-bond donors (Lipinski definition) is 1. The first-order chi connectivity index (χ1) is 12.0. The van der Waals surface area contributed by atoms with Crippen LogP contribution in [0.3, 0.4) is 0 Å². The van der Waals surface area contributed by atoms with Crippen LogP contribution < -0.4 is 5.11 Å². The quantitative estimate of drug-likeness (QED) is 0.293. The molecule has 0 radical (unpaired) electrons. The highest BCUT2D eigenvalue weighted by molar-refractivity contribution is 7.89. The highest BCUT2D eigenvalue weighted by atomic mass is 32.2. The molecule has 0 heterocycles. The second-order valence-electron chi connectivity index (χ2n) is 7.02. The normalized spacial score (nSPS) is 12.9. The van der Waals surface area contributed by atoms with E-state index < -0.39 is 33.8 Å². The van der Waals surface area contributed by atoms with Crippen LogP contribution in [-0.4, -0.2) is 44.1 Å². The van der Waals surface area contributed by atoms with Crippen LogP contribution in [-0.2, 0) is 14.9 Å². The lowest BCUT2D eigenvalue weighted by atomic mass is 10.2. The van der Waals surface area contributed by atoms with E-state index >= 15 is 0 Å². The van der Waals surface area contributed by atoms with Gasteiger partial charge in [-0.25, -0.2) is 0 Å². The van der Waals surface area contributed by atoms with Gasteiger partial charge < -0.3 is 9.90 Å². The average Bonchev–Trinajstić information content (AvgIpc) is 2.56. The fourth-order valence-corrected chi connectivity index (χ4v) is 7.45. The Bertz CT molecular complexity index is 504. The van der Waals surface area contributed by atoms with Crippen molar-refractivity contribution < 1.29 is 22.9 Å². The van der Waals surface area contributed by atoms with Crippen molar-refractivity contribution in [2.75, 3.05) is 25.2 Å². The summed E-state index contributed by atoms with van der Waals surface area (Å²) in [6.07, 6.45) is 13.2. The zero-order valence-electron chi connectivity index (χ0n) is 17.5. The molecular weight excluding hydrogens is 371 g/mol. The number of allylic oxidation sites excluding steroid dienone is 1. The minimum Gasteiger partial charge on any atom is -0.545 e. The Labute approximate surface area is 161 Å². The second kappa shape index (κ2) is 14.6. The molecule has 0 amide bonds. The van der Waals surface area contributed by atoms with Gasteiger partial charge in [-0.05, 0) is 38.2 Å². The molecule has 0 saturated heterocycles. The third-order valence-electron chi connectivity index (χ3n) is 4.51. The Balaban J connectivity index is 0. The molecule has 0 rings (SSSR count). The molecule has 0 aliphatic rings. The molecule has 0 fully saturated rings. The standard InChI is InChI=1S/C13H30P.C6H10O5S/c1-5-8-11-14(4,12-9-6-2)13-10-7-3;1-3-5(12(9,10)11)4(2)6(7)8/h5-13H2,1-4H3;3H2,1-2H3,(H,7,8)(H,9,10,11)/q+1;/p-1/b;5-4+. The number of carbonyl (C=O) groups excluding carboxylic acids is 1. The molecule has 5 nitrogen and oxygen atoms in total. The van der Waals surface area contributed by atoms with E-state index in [1.165, 1.54) is 45.4 Å². The first-order valence-electron chi connectivity index (χ1n) is 9.71. The Morgan fingerprint density at radius 1 is 0.923 bits per heavy atom. The van der Waals surface area contributed by atoms with Crippen LogP contribution in [0.15, 0.2) is 10.5 Å². The number of unbranched alkanes of at least 4 members (excludes halogenated alkanes) is 3. The highest BCUT2D eigenvalue weighted by Crippen LogP contribution is 2.57. The molecule has 0 aliphatic carbocycles. The lowest BCUT2D eigenvalue weighted by Crippen LogP contribution is -2.25. The van der Waals surface area contributed by atoms with Crippen molar-refractivity contribution in [2.24, 2.45) is 0 Å². The van der Waals surface area contributed by atoms with Crippen LogP contribution >= 0.6 is 7.26 Å². The summed E-state index contributed by atoms with van der Waals surface area (Å²) >= 11 is 0. The van der Waals surface area contributed by atoms with E-state index in [9.17, 15) is 18.3 Å². The van der Waals surface area contributed by atoms with Crippen molar-refractivity contribution in [3.63, 3.8) is 0 Å². The molecule has 0 aromatic carbocycles. The molecule has 1 N–H and O–H groups in total. The molecule has 0 spiro atoms. The molecule has 0 unspecified atom stereocenters. The number of aliphatic carboxylic acids is 1. The van der Waals surface area contributed by atoms with Gasteiger partial charge in [0, 0.05) is 13.9 Å². The highest BCUT2D eigenvalue weighted by Gasteiger charge is 2.28. The maximum absolute atomic E-state index is 10.5. The smallest absolute Gasteiger partial charge is 0.290 e. The van der Waals surface area contributed by atoms with Gasteiger partial charge >= 0.3 is 0 Å². The molecule has 0 aromatic rings. The van der Waals surface area contributed by atoms with E-state index in [4.69, 9.17) is 4.55 Å². The number of hydrogen-bond acceptors (Lipinski definition) is 4. The van der Waals surface area contributed by atoms with E-state index in [1.807, 2.05) is 0 Å². The molecule has 7 heteroatoms. The first-order valence-corrected chi connectivity index (χ1v) is 13.9. The topological polar surface area (TPSA) is 94.5 Å². The van der Waals surface area contributed by atoms with Crippen molar-refractivity contribution in [3.8, 4) is 0 Å². The largest absolute Gasteiger partial charge is 0.545 e. The van der Waals surface area contributed by atoms with Crippen molar-refractivity contribution in [1.82, 2.24) is 0 Å². The van der Waals surface area contributed by atoms with Crippen LogP contribution in [0, 0.1) is 0 Å². The lowest BCUT2D eigenvalue weighted by molar-refractivity contribution is -0.299. The summed E-state index contributed by atoms with van der Waals surface area (Å²) in [5, 5.41) is 10.2. The summed E-state index contributed by atoms with van der Waals surface area (Å²) in [6.45, 7) is 12.1. The minimum absolute atomic E-state index is 0.0708. The molecule has 0 atom stereocenters. The maximum Gasteiger partial charge on any atom is 0.290 e. The number of carboxylic acids is 1. The van der Waals surface area contributed by atoms with E-state index in [0.29, 0.717) is 0 Å². The third-order valence-corrected chi connectivity index (χ3v) is 9.92. The van der Waals surface area contributed by atoms with Gasteiger partial charge in [0.1, 0.15) is 0 Å². The van der Waals surface area contributed by atoms with Gasteiger partial charge in [-0.1, -0.05) is 47.0 Å². The average molecular weight is 411 g/mol. The fraction of sp³-hybridized carbons (Fsp3) is 0.842. The Morgan fingerprint density at radius 3 is 1.42 bits per heavy atom. The van der Waals surface area contributed by atoms with Gasteiger partial charge in [-0.15, -0.1) is 0 Å². The van der Waals surface area contributed by atoms with Gasteiger partial charge in [-0.2, -0.15) is 8.42 Å². The van der Waals surface area contributed by atoms with Crippen molar-refractivity contribution in [3.05, 3.63) is 10.5 Å². The zero-order chi connectivity index (χ0) is 20.8. The number of carbonyl (C=O) groups is 1. The van der Waals surface area contributed by atoms with Crippen molar-refractivity contribution in [2.45, 2.75) is 79.6 Å². The maximum atomic E-state index is 10.5. The predicted octanol–water partition coefficient (Wildman–Crippen LogP) is 4.34. The van der Waals surface area contributed by atoms with Gasteiger partial charge in [0.15, 0.2) is 0 Å². The predicted molar refractivity (Wildman–Crippen MR) is 112 cm³/mol. The summed E-state index contributed by atoms with van der Waals surface area (Å²) in [4.78, 5) is 9.69. The van der Waals surface area contributed by atoms with Crippen molar-refractivity contribution in [1.29, 1.82) is 0 Å². The molecule has 0 bridgehead atoms. The molecule has 0 aromatic heterocycles. The fourth-order valence-electron chi connectivity index (χ4n) is 2.71. The second-order valence-corrected chi connectivity index (χ2v) is 13.0. The van der Waals surface area contributed by atoms with Crippen LogP contribution in [0.25, 0.3) is 0 Å². The van der Waals surface area contributed by atoms with Gasteiger partial charge in [0.25, 0.3) is 10.1 Å². The molecular formula is C19H39O5PS. The van der Waals surface area contributed by atoms with Gasteiger partial charge in [-0.3, -0.25) is 4.55 Å². The Morgan fingerprint density at radius 2 is 1.27 bits per heavy atom. The van der Waals surface area contributed by atoms with E-state index in [-0.39, 0.29) is 6.42 Å². The van der Waals surface area contributed by atoms with Crippen LogP contribution in [0.4, 0.5) is 0 Å². The van der Waals surface area contributed by atoms with E-state index in [0.717, 1.165) is 6.92 Å². The summed E-state index contributed by atoms with van der Waals surface area (Å²) in [5.41, 5.74) is -0.458. The SMILES string of the molecule is CC/C(=C(/C)C(=O)[O-])S(=O)(=O)O.CCCC[P+](C)(CCCC)CCCC. The Hall–Kier alpha value is -0.450. The van der Waals surface area contributed by atoms with E-state index in [2.05, 4.69) is 27.4 Å². The van der Waals surface area contributed by atoms with Crippen LogP contribution in [0.2, 0.25) is 0 Å². The molecule has 0 aliphatic heterocycles. The monoisotopic (exact) mass is 410 g/mol. The molecule has 26 heavy (non-hydrogen) atoms. The van der Waals surface area contributed by atoms with E-state index in [1.54, 1.807) is 18.5 Å². The van der Waals surface area contributed by atoms with Crippen LogP contribution in [0.5, 0.6) is 0 Å². The summed E-state index contributed by atoms with van der Waals surface area (Å²) < 4.78 is 29.5. The number of rotatable bonds is 12. The van der Waals surface area contributed by atoms with Crippen molar-refractivity contribution >= 4 is 23.3 Å². The first kappa shape index (κ1) is 27.8. The summed E-state index contributed by atoms with van der Waals surface area (Å²) in [6, 6.07) is 0. The summed E-state index contributed by atoms with van der Waals surface area (Å²) in [7, 11) is -4.92. The molecule has 0 saturated carbocycles. The summed E-state index contributed by atoms with van der Waals surface area (Å²) in [5.74, 6) is -1.59. The van der Waals surface area contributed by atoms with Gasteiger partial charge in [0.05, 0.1) is 29.4 Å².